The average Bonchev–Trinajstić information content (AvgIpc) is 3.24. The molecule has 0 aliphatic carbocycles. The Bertz CT molecular complexity index is 935. The van der Waals surface area contributed by atoms with Crippen molar-refractivity contribution in [3.8, 4) is 0 Å². The fraction of sp³-hybridized carbons (Fsp3) is 0.529. The van der Waals surface area contributed by atoms with Gasteiger partial charge in [0.15, 0.2) is 9.84 Å². The predicted molar refractivity (Wildman–Crippen MR) is 99.4 cm³/mol. The smallest absolute Gasteiger partial charge is 0.257 e. The Hall–Kier alpha value is -2.49. The number of hydrogen-bond acceptors (Lipinski definition) is 7. The third-order valence-corrected chi connectivity index (χ3v) is 6.98. The zero-order valence-electron chi connectivity index (χ0n) is 15.2. The second-order valence-corrected chi connectivity index (χ2v) is 9.20. The SMILES string of the molecule is Cc1c(C(=O)N2CCN(c3ncccn3)CC2)cnn1C1CCS(=O)(=O)C1. The van der Waals surface area contributed by atoms with Gasteiger partial charge in [0.2, 0.25) is 5.95 Å². The van der Waals surface area contributed by atoms with E-state index in [1.165, 1.54) is 0 Å². The van der Waals surface area contributed by atoms with Gasteiger partial charge in [0.25, 0.3) is 5.91 Å². The number of rotatable bonds is 3. The fourth-order valence-corrected chi connectivity index (χ4v) is 5.40. The molecule has 10 heteroatoms. The van der Waals surface area contributed by atoms with Crippen LogP contribution in [0.5, 0.6) is 0 Å². The number of anilines is 1. The van der Waals surface area contributed by atoms with Crippen LogP contribution in [0.4, 0.5) is 5.95 Å². The zero-order valence-corrected chi connectivity index (χ0v) is 16.0. The summed E-state index contributed by atoms with van der Waals surface area (Å²) in [5.41, 5.74) is 1.28. The van der Waals surface area contributed by atoms with Gasteiger partial charge in [-0.3, -0.25) is 9.48 Å². The molecule has 0 radical (unpaired) electrons. The molecule has 4 heterocycles. The number of amides is 1. The summed E-state index contributed by atoms with van der Waals surface area (Å²) in [6.45, 7) is 4.34. The number of nitrogens with zero attached hydrogens (tertiary/aromatic N) is 6. The van der Waals surface area contributed by atoms with E-state index >= 15 is 0 Å². The summed E-state index contributed by atoms with van der Waals surface area (Å²) in [4.78, 5) is 25.3. The van der Waals surface area contributed by atoms with Gasteiger partial charge in [0.1, 0.15) is 0 Å². The standard InChI is InChI=1S/C17H22N6O3S/c1-13-15(11-20-23(13)14-3-10-27(25,26)12-14)16(24)21-6-8-22(9-7-21)17-18-4-2-5-19-17/h2,4-5,11,14H,3,6-10,12H2,1H3. The Morgan fingerprint density at radius 3 is 2.48 bits per heavy atom. The van der Waals surface area contributed by atoms with Crippen LogP contribution in [0.2, 0.25) is 0 Å². The van der Waals surface area contributed by atoms with E-state index < -0.39 is 9.84 Å². The highest BCUT2D eigenvalue weighted by Crippen LogP contribution is 2.26. The Morgan fingerprint density at radius 1 is 1.15 bits per heavy atom. The van der Waals surface area contributed by atoms with Crippen LogP contribution < -0.4 is 4.90 Å². The van der Waals surface area contributed by atoms with Crippen LogP contribution in [0.3, 0.4) is 0 Å². The summed E-state index contributed by atoms with van der Waals surface area (Å²) in [7, 11) is -3.00. The molecule has 1 atom stereocenters. The molecule has 1 unspecified atom stereocenters. The van der Waals surface area contributed by atoms with Crippen LogP contribution in [0.25, 0.3) is 0 Å². The summed E-state index contributed by atoms with van der Waals surface area (Å²) in [5, 5.41) is 4.32. The zero-order chi connectivity index (χ0) is 19.0. The van der Waals surface area contributed by atoms with Crippen molar-refractivity contribution >= 4 is 21.7 Å². The second kappa shape index (κ2) is 6.91. The van der Waals surface area contributed by atoms with Gasteiger partial charge in [-0.25, -0.2) is 18.4 Å². The highest BCUT2D eigenvalue weighted by molar-refractivity contribution is 7.91. The molecule has 2 aromatic heterocycles. The van der Waals surface area contributed by atoms with Gasteiger partial charge >= 0.3 is 0 Å². The van der Waals surface area contributed by atoms with Crippen LogP contribution in [-0.2, 0) is 9.84 Å². The molecule has 0 aromatic carbocycles. The quantitative estimate of drug-likeness (QED) is 0.743. The Kier molecular flexibility index (Phi) is 4.58. The van der Waals surface area contributed by atoms with E-state index in [9.17, 15) is 13.2 Å². The molecule has 0 bridgehead atoms. The molecular formula is C17H22N6O3S. The molecule has 2 aromatic rings. The average molecular weight is 390 g/mol. The van der Waals surface area contributed by atoms with E-state index in [1.54, 1.807) is 34.2 Å². The molecule has 9 nitrogen and oxygen atoms in total. The summed E-state index contributed by atoms with van der Waals surface area (Å²) in [5.74, 6) is 0.895. The van der Waals surface area contributed by atoms with Gasteiger partial charge in [-0.2, -0.15) is 5.10 Å². The van der Waals surface area contributed by atoms with E-state index in [2.05, 4.69) is 20.0 Å². The van der Waals surface area contributed by atoms with Crippen LogP contribution >= 0.6 is 0 Å². The summed E-state index contributed by atoms with van der Waals surface area (Å²) in [6, 6.07) is 1.60. The lowest BCUT2D eigenvalue weighted by Crippen LogP contribution is -2.49. The molecule has 2 aliphatic heterocycles. The molecule has 2 aliphatic rings. The third kappa shape index (κ3) is 3.53. The molecular weight excluding hydrogens is 368 g/mol. The molecule has 2 saturated heterocycles. The van der Waals surface area contributed by atoms with Crippen LogP contribution in [0.1, 0.15) is 28.5 Å². The first-order valence-corrected chi connectivity index (χ1v) is 10.8. The molecule has 1 amide bonds. The van der Waals surface area contributed by atoms with E-state index in [0.29, 0.717) is 44.1 Å². The first kappa shape index (κ1) is 17.9. The maximum atomic E-state index is 12.9. The van der Waals surface area contributed by atoms with E-state index in [4.69, 9.17) is 0 Å². The molecule has 27 heavy (non-hydrogen) atoms. The van der Waals surface area contributed by atoms with E-state index in [0.717, 1.165) is 5.69 Å². The number of carbonyl (C=O) groups excluding carboxylic acids is 1. The number of hydrogen-bond donors (Lipinski definition) is 0. The molecule has 0 N–H and O–H groups in total. The van der Waals surface area contributed by atoms with Crippen molar-refractivity contribution in [2.24, 2.45) is 0 Å². The van der Waals surface area contributed by atoms with Crippen molar-refractivity contribution in [2.45, 2.75) is 19.4 Å². The molecule has 0 spiro atoms. The highest BCUT2D eigenvalue weighted by atomic mass is 32.2. The van der Waals surface area contributed by atoms with Gasteiger partial charge in [-0.05, 0) is 19.4 Å². The van der Waals surface area contributed by atoms with Crippen LogP contribution in [0, 0.1) is 6.92 Å². The predicted octanol–water partition coefficient (Wildman–Crippen LogP) is 0.304. The normalized spacial score (nSPS) is 22.2. The number of carbonyl (C=O) groups is 1. The van der Waals surface area contributed by atoms with Crippen molar-refractivity contribution in [1.82, 2.24) is 24.6 Å². The molecule has 144 valence electrons. The Labute approximate surface area is 157 Å². The lowest BCUT2D eigenvalue weighted by molar-refractivity contribution is 0.0745. The van der Waals surface area contributed by atoms with Gasteiger partial charge in [0, 0.05) is 44.3 Å². The monoisotopic (exact) mass is 390 g/mol. The Balaban J connectivity index is 1.44. The largest absolute Gasteiger partial charge is 0.337 e. The van der Waals surface area contributed by atoms with Crippen molar-refractivity contribution in [1.29, 1.82) is 0 Å². The lowest BCUT2D eigenvalue weighted by Gasteiger charge is -2.34. The van der Waals surface area contributed by atoms with Gasteiger partial charge in [-0.15, -0.1) is 0 Å². The Morgan fingerprint density at radius 2 is 1.85 bits per heavy atom. The van der Waals surface area contributed by atoms with Crippen molar-refractivity contribution in [2.75, 3.05) is 42.6 Å². The van der Waals surface area contributed by atoms with Gasteiger partial charge in [-0.1, -0.05) is 0 Å². The minimum Gasteiger partial charge on any atom is -0.337 e. The van der Waals surface area contributed by atoms with Crippen molar-refractivity contribution in [3.63, 3.8) is 0 Å². The number of aromatic nitrogens is 4. The van der Waals surface area contributed by atoms with Gasteiger partial charge < -0.3 is 9.80 Å². The van der Waals surface area contributed by atoms with Gasteiger partial charge in [0.05, 0.1) is 29.3 Å². The van der Waals surface area contributed by atoms with Crippen LogP contribution in [0.15, 0.2) is 24.7 Å². The topological polar surface area (TPSA) is 101 Å². The number of sulfone groups is 1. The molecule has 0 saturated carbocycles. The second-order valence-electron chi connectivity index (χ2n) is 6.97. The van der Waals surface area contributed by atoms with Crippen LogP contribution in [-0.4, -0.2) is 76.7 Å². The summed E-state index contributed by atoms with van der Waals surface area (Å²) < 4.78 is 25.2. The summed E-state index contributed by atoms with van der Waals surface area (Å²) >= 11 is 0. The molecule has 4 rings (SSSR count). The fourth-order valence-electron chi connectivity index (χ4n) is 3.70. The maximum absolute atomic E-state index is 12.9. The van der Waals surface area contributed by atoms with E-state index in [1.807, 2.05) is 6.92 Å². The third-order valence-electron chi connectivity index (χ3n) is 5.23. The first-order chi connectivity index (χ1) is 12.9. The van der Waals surface area contributed by atoms with E-state index in [-0.39, 0.29) is 23.5 Å². The molecule has 2 fully saturated rings. The first-order valence-electron chi connectivity index (χ1n) is 9.00. The maximum Gasteiger partial charge on any atom is 0.257 e. The van der Waals surface area contributed by atoms with Crippen molar-refractivity contribution in [3.05, 3.63) is 35.9 Å². The minimum absolute atomic E-state index is 0.0618. The lowest BCUT2D eigenvalue weighted by atomic mass is 10.2. The number of piperazine rings is 1. The highest BCUT2D eigenvalue weighted by Gasteiger charge is 2.32. The summed E-state index contributed by atoms with van der Waals surface area (Å²) in [6.07, 6.45) is 5.53. The minimum atomic E-state index is -3.00. The van der Waals surface area contributed by atoms with Crippen molar-refractivity contribution < 1.29 is 13.2 Å².